The Morgan fingerprint density at radius 3 is 1.60 bits per heavy atom. The van der Waals surface area contributed by atoms with Crippen LogP contribution in [0.25, 0.3) is 0 Å². The molecular weight excluding hydrogens is 389 g/mol. The van der Waals surface area contributed by atoms with Gasteiger partial charge in [0.15, 0.2) is 0 Å². The normalized spacial score (nSPS) is 10.7. The molecule has 0 unspecified atom stereocenters. The third-order valence-corrected chi connectivity index (χ3v) is 8.74. The van der Waals surface area contributed by atoms with E-state index in [0.29, 0.717) is 0 Å². The molecule has 0 aliphatic heterocycles. The van der Waals surface area contributed by atoms with Gasteiger partial charge in [0.2, 0.25) is 0 Å². The van der Waals surface area contributed by atoms with Gasteiger partial charge in [-0.1, -0.05) is 18.2 Å². The van der Waals surface area contributed by atoms with Crippen LogP contribution in [0.15, 0.2) is 56.3 Å². The summed E-state index contributed by atoms with van der Waals surface area (Å²) in [5.74, 6) is 0. The monoisotopic (exact) mass is 403 g/mol. The van der Waals surface area contributed by atoms with E-state index < -0.39 is 0 Å². The number of nitrogens with zero attached hydrogens (tertiary/aromatic N) is 1. The van der Waals surface area contributed by atoms with Gasteiger partial charge >= 0.3 is 0 Å². The zero-order valence-electron chi connectivity index (χ0n) is 11.2. The lowest BCUT2D eigenvalue weighted by Crippen LogP contribution is -2.18. The summed E-state index contributed by atoms with van der Waals surface area (Å²) in [6.45, 7) is 0. The largest absolute Gasteiger partial charge is 0.280 e. The highest BCUT2D eigenvalue weighted by atomic mass is 79.9. The summed E-state index contributed by atoms with van der Waals surface area (Å²) in [5, 5.41) is 6.34. The van der Waals surface area contributed by atoms with Crippen molar-refractivity contribution in [3.8, 4) is 0 Å². The standard InChI is InChI=1S/C10H12NPS2.C4H3BrS/c1-11(2)12(9-5-3-7-13-9)10-6-4-8-14-10;5-4-2-1-3-6-4/h3-8H,1-2H3;1-3H. The molecule has 3 heterocycles. The first-order valence-electron chi connectivity index (χ1n) is 5.92. The fourth-order valence-corrected chi connectivity index (χ4v) is 7.74. The predicted molar refractivity (Wildman–Crippen MR) is 101 cm³/mol. The third-order valence-electron chi connectivity index (χ3n) is 2.32. The second-order valence-electron chi connectivity index (χ2n) is 3.98. The van der Waals surface area contributed by atoms with Crippen molar-refractivity contribution in [2.45, 2.75) is 0 Å². The van der Waals surface area contributed by atoms with Gasteiger partial charge in [-0.05, 0) is 64.4 Å². The van der Waals surface area contributed by atoms with Crippen molar-refractivity contribution in [1.82, 2.24) is 4.67 Å². The van der Waals surface area contributed by atoms with E-state index in [4.69, 9.17) is 0 Å². The van der Waals surface area contributed by atoms with Crippen LogP contribution in [-0.2, 0) is 0 Å². The lowest BCUT2D eigenvalue weighted by molar-refractivity contribution is 0.690. The van der Waals surface area contributed by atoms with Crippen LogP contribution in [0.2, 0.25) is 0 Å². The van der Waals surface area contributed by atoms with E-state index in [2.05, 4.69) is 69.7 Å². The Morgan fingerprint density at radius 2 is 1.35 bits per heavy atom. The molecule has 0 saturated heterocycles. The van der Waals surface area contributed by atoms with Gasteiger partial charge < -0.3 is 0 Å². The van der Waals surface area contributed by atoms with E-state index in [-0.39, 0.29) is 8.07 Å². The average molecular weight is 404 g/mol. The fourth-order valence-electron chi connectivity index (χ4n) is 1.54. The van der Waals surface area contributed by atoms with Crippen LogP contribution < -0.4 is 9.24 Å². The van der Waals surface area contributed by atoms with Crippen molar-refractivity contribution in [2.75, 3.05) is 14.1 Å². The molecule has 3 aromatic rings. The quantitative estimate of drug-likeness (QED) is 0.541. The van der Waals surface area contributed by atoms with Crippen molar-refractivity contribution < 1.29 is 0 Å². The molecule has 0 saturated carbocycles. The van der Waals surface area contributed by atoms with Crippen molar-refractivity contribution in [3.05, 3.63) is 56.3 Å². The minimum absolute atomic E-state index is 0.265. The first kappa shape index (κ1) is 16.3. The van der Waals surface area contributed by atoms with Gasteiger partial charge in [0.25, 0.3) is 0 Å². The Kier molecular flexibility index (Phi) is 6.88. The van der Waals surface area contributed by atoms with Gasteiger partial charge in [0.1, 0.15) is 0 Å². The molecule has 0 N–H and O–H groups in total. The van der Waals surface area contributed by atoms with Crippen LogP contribution in [0.3, 0.4) is 0 Å². The Hall–Kier alpha value is -0.0300. The molecular formula is C14H15BrNPS3. The maximum Gasteiger partial charge on any atom is 0.0698 e. The van der Waals surface area contributed by atoms with Crippen LogP contribution in [-0.4, -0.2) is 18.8 Å². The summed E-state index contributed by atoms with van der Waals surface area (Å²) in [4.78, 5) is 0. The molecule has 0 amide bonds. The van der Waals surface area contributed by atoms with Crippen LogP contribution in [0.5, 0.6) is 0 Å². The Bertz CT molecular complexity index is 542. The molecule has 3 aromatic heterocycles. The molecule has 0 aromatic carbocycles. The average Bonchev–Trinajstić information content (AvgIpc) is 3.11. The molecule has 6 heteroatoms. The number of halogens is 1. The number of rotatable bonds is 3. The molecule has 3 rings (SSSR count). The molecule has 0 radical (unpaired) electrons. The highest BCUT2D eigenvalue weighted by Gasteiger charge is 2.17. The number of hydrogen-bond acceptors (Lipinski definition) is 4. The summed E-state index contributed by atoms with van der Waals surface area (Å²) >= 11 is 8.70. The van der Waals surface area contributed by atoms with Gasteiger partial charge in [0.05, 0.1) is 3.79 Å². The first-order chi connectivity index (χ1) is 9.68. The number of thiophene rings is 3. The zero-order valence-corrected chi connectivity index (χ0v) is 16.1. The molecule has 0 fully saturated rings. The Morgan fingerprint density at radius 1 is 0.850 bits per heavy atom. The van der Waals surface area contributed by atoms with E-state index in [0.717, 1.165) is 0 Å². The van der Waals surface area contributed by atoms with Gasteiger partial charge in [-0.15, -0.1) is 34.0 Å². The van der Waals surface area contributed by atoms with Crippen LogP contribution in [0, 0.1) is 0 Å². The molecule has 0 bridgehead atoms. The van der Waals surface area contributed by atoms with Gasteiger partial charge in [-0.25, -0.2) is 0 Å². The van der Waals surface area contributed by atoms with E-state index in [1.165, 1.54) is 13.0 Å². The summed E-state index contributed by atoms with van der Waals surface area (Å²) in [6.07, 6.45) is 0. The van der Waals surface area contributed by atoms with E-state index >= 15 is 0 Å². The zero-order chi connectivity index (χ0) is 14.4. The fraction of sp³-hybridized carbons (Fsp3) is 0.143. The maximum absolute atomic E-state index is 3.30. The van der Waals surface area contributed by atoms with Gasteiger partial charge in [-0.3, -0.25) is 4.67 Å². The highest BCUT2D eigenvalue weighted by Crippen LogP contribution is 2.38. The molecule has 106 valence electrons. The van der Waals surface area contributed by atoms with Crippen molar-refractivity contribution >= 4 is 67.2 Å². The van der Waals surface area contributed by atoms with Crippen LogP contribution in [0.4, 0.5) is 0 Å². The Labute approximate surface area is 141 Å². The molecule has 0 aliphatic rings. The summed E-state index contributed by atoms with van der Waals surface area (Å²) < 4.78 is 6.48. The molecule has 0 aliphatic carbocycles. The predicted octanol–water partition coefficient (Wildman–Crippen LogP) is 5.23. The second kappa shape index (κ2) is 8.42. The molecule has 0 atom stereocenters. The van der Waals surface area contributed by atoms with Crippen molar-refractivity contribution in [2.24, 2.45) is 0 Å². The van der Waals surface area contributed by atoms with Crippen LogP contribution in [0.1, 0.15) is 0 Å². The lowest BCUT2D eigenvalue weighted by Gasteiger charge is -2.21. The van der Waals surface area contributed by atoms with Crippen molar-refractivity contribution in [1.29, 1.82) is 0 Å². The first-order valence-corrected chi connectivity index (χ1v) is 10.6. The lowest BCUT2D eigenvalue weighted by atomic mass is 10.7. The smallest absolute Gasteiger partial charge is 0.0698 e. The summed E-state index contributed by atoms with van der Waals surface area (Å²) in [7, 11) is 4.05. The number of hydrogen-bond donors (Lipinski definition) is 0. The topological polar surface area (TPSA) is 3.24 Å². The maximum atomic E-state index is 3.30. The van der Waals surface area contributed by atoms with E-state index in [1.807, 2.05) is 40.2 Å². The minimum atomic E-state index is -0.265. The van der Waals surface area contributed by atoms with E-state index in [1.54, 1.807) is 11.3 Å². The Balaban J connectivity index is 0.000000205. The van der Waals surface area contributed by atoms with Crippen LogP contribution >= 0.6 is 58.0 Å². The summed E-state index contributed by atoms with van der Waals surface area (Å²) in [5.41, 5.74) is 0. The van der Waals surface area contributed by atoms with Gasteiger partial charge in [0, 0.05) is 17.3 Å². The highest BCUT2D eigenvalue weighted by molar-refractivity contribution is 9.11. The molecule has 1 nitrogen and oxygen atoms in total. The van der Waals surface area contributed by atoms with Gasteiger partial charge in [-0.2, -0.15) is 0 Å². The van der Waals surface area contributed by atoms with Crippen molar-refractivity contribution in [3.63, 3.8) is 0 Å². The molecule has 0 spiro atoms. The second-order valence-corrected chi connectivity index (χ2v) is 11.2. The molecule has 20 heavy (non-hydrogen) atoms. The minimum Gasteiger partial charge on any atom is -0.280 e. The van der Waals surface area contributed by atoms with E-state index in [9.17, 15) is 0 Å². The third kappa shape index (κ3) is 4.76. The summed E-state index contributed by atoms with van der Waals surface area (Å²) in [6, 6.07) is 12.8. The SMILES string of the molecule is Brc1cccs1.CN(C)P(c1cccs1)c1cccs1.